The van der Waals surface area contributed by atoms with Gasteiger partial charge in [0.1, 0.15) is 0 Å². The van der Waals surface area contributed by atoms with Crippen LogP contribution in [0.15, 0.2) is 12.2 Å². The molecule has 0 aromatic carbocycles. The third kappa shape index (κ3) is 9.91. The minimum Gasteiger partial charge on any atom is -0.309 e. The van der Waals surface area contributed by atoms with Crippen molar-refractivity contribution in [2.45, 2.75) is 48.3 Å². The standard InChI is InChI=1S/C13H25ClIN/c1-5-6-9-13(2,15)11-12(14)8-7-10-16(3)4/h6,9,12H,5,7-8,10-11H2,1-4H3/b9-6-/t12-,13?/m1/s1. The van der Waals surface area contributed by atoms with Crippen molar-refractivity contribution in [1.29, 1.82) is 0 Å². The van der Waals surface area contributed by atoms with Gasteiger partial charge in [0.15, 0.2) is 0 Å². The van der Waals surface area contributed by atoms with E-state index in [1.54, 1.807) is 0 Å². The molecular formula is C13H25ClIN. The van der Waals surface area contributed by atoms with Crippen LogP contribution in [0.1, 0.15) is 39.5 Å². The van der Waals surface area contributed by atoms with E-state index in [2.05, 4.69) is 67.6 Å². The highest BCUT2D eigenvalue weighted by molar-refractivity contribution is 14.1. The molecule has 0 aliphatic carbocycles. The van der Waals surface area contributed by atoms with Crippen LogP contribution in [0.4, 0.5) is 0 Å². The van der Waals surface area contributed by atoms with Gasteiger partial charge in [-0.3, -0.25) is 0 Å². The first-order valence-electron chi connectivity index (χ1n) is 6.03. The van der Waals surface area contributed by atoms with E-state index in [-0.39, 0.29) is 3.42 Å². The molecule has 0 radical (unpaired) electrons. The Morgan fingerprint density at radius 2 is 2.06 bits per heavy atom. The van der Waals surface area contributed by atoms with E-state index in [0.29, 0.717) is 5.38 Å². The first-order valence-corrected chi connectivity index (χ1v) is 7.54. The highest BCUT2D eigenvalue weighted by Crippen LogP contribution is 2.29. The van der Waals surface area contributed by atoms with Crippen molar-refractivity contribution >= 4 is 34.2 Å². The van der Waals surface area contributed by atoms with Gasteiger partial charge < -0.3 is 4.90 Å². The second-order valence-corrected chi connectivity index (χ2v) is 7.92. The zero-order valence-corrected chi connectivity index (χ0v) is 13.9. The highest BCUT2D eigenvalue weighted by Gasteiger charge is 2.20. The molecule has 0 N–H and O–H groups in total. The first kappa shape index (κ1) is 16.7. The predicted molar refractivity (Wildman–Crippen MR) is 83.9 cm³/mol. The van der Waals surface area contributed by atoms with Crippen LogP contribution in [0.3, 0.4) is 0 Å². The molecule has 0 aromatic heterocycles. The van der Waals surface area contributed by atoms with Crippen LogP contribution in [-0.2, 0) is 0 Å². The molecule has 2 atom stereocenters. The Morgan fingerprint density at radius 3 is 2.56 bits per heavy atom. The number of halogens is 2. The molecule has 0 bridgehead atoms. The molecule has 0 heterocycles. The molecule has 0 aliphatic heterocycles. The van der Waals surface area contributed by atoms with Crippen LogP contribution < -0.4 is 0 Å². The zero-order valence-electron chi connectivity index (χ0n) is 11.0. The summed E-state index contributed by atoms with van der Waals surface area (Å²) < 4.78 is 0.207. The second-order valence-electron chi connectivity index (χ2n) is 4.84. The van der Waals surface area contributed by atoms with Gasteiger partial charge in [0.25, 0.3) is 0 Å². The summed E-state index contributed by atoms with van der Waals surface area (Å²) >= 11 is 8.87. The molecule has 0 spiro atoms. The molecule has 0 saturated carbocycles. The van der Waals surface area contributed by atoms with Crippen LogP contribution in [-0.4, -0.2) is 34.3 Å². The van der Waals surface area contributed by atoms with Gasteiger partial charge in [0, 0.05) is 8.80 Å². The third-order valence-electron chi connectivity index (χ3n) is 2.44. The molecule has 3 heteroatoms. The van der Waals surface area contributed by atoms with Crippen molar-refractivity contribution in [2.75, 3.05) is 20.6 Å². The molecule has 0 aliphatic rings. The Labute approximate surface area is 120 Å². The summed E-state index contributed by atoms with van der Waals surface area (Å²) in [5.41, 5.74) is 0. The third-order valence-corrected chi connectivity index (χ3v) is 3.62. The summed E-state index contributed by atoms with van der Waals surface area (Å²) in [5.74, 6) is 0. The fourth-order valence-electron chi connectivity index (χ4n) is 1.60. The van der Waals surface area contributed by atoms with Gasteiger partial charge in [-0.1, -0.05) is 41.7 Å². The Kier molecular flexibility index (Phi) is 9.15. The van der Waals surface area contributed by atoms with E-state index in [9.17, 15) is 0 Å². The second kappa shape index (κ2) is 8.76. The zero-order chi connectivity index (χ0) is 12.6. The van der Waals surface area contributed by atoms with Crippen molar-refractivity contribution in [3.8, 4) is 0 Å². The van der Waals surface area contributed by atoms with E-state index in [0.717, 1.165) is 25.8 Å². The maximum absolute atomic E-state index is 6.37. The SMILES string of the molecule is CC/C=C\C(C)(I)C[C@H](Cl)CCCN(C)C. The molecule has 96 valence electrons. The van der Waals surface area contributed by atoms with Crippen molar-refractivity contribution in [3.05, 3.63) is 12.2 Å². The molecule has 0 saturated heterocycles. The van der Waals surface area contributed by atoms with Crippen molar-refractivity contribution in [1.82, 2.24) is 4.90 Å². The topological polar surface area (TPSA) is 3.24 Å². The van der Waals surface area contributed by atoms with Crippen LogP contribution in [0.25, 0.3) is 0 Å². The van der Waals surface area contributed by atoms with E-state index in [4.69, 9.17) is 11.6 Å². The van der Waals surface area contributed by atoms with Crippen molar-refractivity contribution < 1.29 is 0 Å². The smallest absolute Gasteiger partial charge is 0.0386 e. The number of alkyl halides is 2. The van der Waals surface area contributed by atoms with Gasteiger partial charge >= 0.3 is 0 Å². The summed E-state index contributed by atoms with van der Waals surface area (Å²) in [6.45, 7) is 5.55. The molecule has 1 unspecified atom stereocenters. The van der Waals surface area contributed by atoms with Crippen LogP contribution in [0, 0.1) is 0 Å². The van der Waals surface area contributed by atoms with Gasteiger partial charge in [-0.2, -0.15) is 0 Å². The lowest BCUT2D eigenvalue weighted by molar-refractivity contribution is 0.390. The van der Waals surface area contributed by atoms with Gasteiger partial charge in [-0.15, -0.1) is 11.6 Å². The lowest BCUT2D eigenvalue weighted by Gasteiger charge is -2.22. The maximum atomic E-state index is 6.37. The number of hydrogen-bond donors (Lipinski definition) is 0. The van der Waals surface area contributed by atoms with Crippen LogP contribution in [0.2, 0.25) is 0 Å². The quantitative estimate of drug-likeness (QED) is 0.351. The van der Waals surface area contributed by atoms with E-state index < -0.39 is 0 Å². The molecular weight excluding hydrogens is 333 g/mol. The maximum Gasteiger partial charge on any atom is 0.0386 e. The summed E-state index contributed by atoms with van der Waals surface area (Å²) in [4.78, 5) is 2.21. The van der Waals surface area contributed by atoms with E-state index in [1.807, 2.05) is 0 Å². The largest absolute Gasteiger partial charge is 0.309 e. The number of allylic oxidation sites excluding steroid dienone is 2. The molecule has 16 heavy (non-hydrogen) atoms. The summed E-state index contributed by atoms with van der Waals surface area (Å²) in [7, 11) is 4.21. The first-order chi connectivity index (χ1) is 7.37. The van der Waals surface area contributed by atoms with Gasteiger partial charge in [0.05, 0.1) is 0 Å². The predicted octanol–water partition coefficient (Wildman–Crippen LogP) is 4.49. The average molecular weight is 358 g/mol. The minimum absolute atomic E-state index is 0.207. The van der Waals surface area contributed by atoms with Gasteiger partial charge in [-0.25, -0.2) is 0 Å². The monoisotopic (exact) mass is 357 g/mol. The number of hydrogen-bond acceptors (Lipinski definition) is 1. The summed E-state index contributed by atoms with van der Waals surface area (Å²) in [6.07, 6.45) is 8.97. The van der Waals surface area contributed by atoms with Crippen LogP contribution >= 0.6 is 34.2 Å². The van der Waals surface area contributed by atoms with Gasteiger partial charge in [0.2, 0.25) is 0 Å². The highest BCUT2D eigenvalue weighted by atomic mass is 127. The van der Waals surface area contributed by atoms with Crippen LogP contribution in [0.5, 0.6) is 0 Å². The van der Waals surface area contributed by atoms with Crippen molar-refractivity contribution in [3.63, 3.8) is 0 Å². The fraction of sp³-hybridized carbons (Fsp3) is 0.846. The average Bonchev–Trinajstić information content (AvgIpc) is 2.13. The Morgan fingerprint density at radius 1 is 1.44 bits per heavy atom. The molecule has 0 fully saturated rings. The lowest BCUT2D eigenvalue weighted by atomic mass is 10.0. The lowest BCUT2D eigenvalue weighted by Crippen LogP contribution is -2.20. The number of nitrogens with zero attached hydrogens (tertiary/aromatic N) is 1. The Hall–Kier alpha value is 0.720. The van der Waals surface area contributed by atoms with E-state index >= 15 is 0 Å². The molecule has 0 rings (SSSR count). The fourth-order valence-corrected chi connectivity index (χ4v) is 3.12. The Balaban J connectivity index is 3.84. The molecule has 0 aromatic rings. The number of rotatable bonds is 8. The minimum atomic E-state index is 0.207. The van der Waals surface area contributed by atoms with Gasteiger partial charge in [-0.05, 0) is 53.2 Å². The molecule has 1 nitrogen and oxygen atoms in total. The molecule has 0 amide bonds. The summed E-state index contributed by atoms with van der Waals surface area (Å²) in [6, 6.07) is 0. The van der Waals surface area contributed by atoms with E-state index in [1.165, 1.54) is 6.42 Å². The van der Waals surface area contributed by atoms with Crippen molar-refractivity contribution in [2.24, 2.45) is 0 Å². The normalized spacial score (nSPS) is 17.9. The Bertz CT molecular complexity index is 202. The summed E-state index contributed by atoms with van der Waals surface area (Å²) in [5, 5.41) is 0.295.